The first-order valence-corrected chi connectivity index (χ1v) is 3.78. The lowest BCUT2D eigenvalue weighted by Gasteiger charge is -2.22. The van der Waals surface area contributed by atoms with Crippen LogP contribution >= 0.6 is 0 Å². The van der Waals surface area contributed by atoms with E-state index in [-0.39, 0.29) is 12.8 Å². The van der Waals surface area contributed by atoms with E-state index in [1.165, 1.54) is 0 Å². The second-order valence-electron chi connectivity index (χ2n) is 2.99. The van der Waals surface area contributed by atoms with Crippen molar-refractivity contribution in [2.75, 3.05) is 0 Å². The molecule has 0 aromatic heterocycles. The molecule has 0 spiro atoms. The van der Waals surface area contributed by atoms with E-state index >= 15 is 0 Å². The van der Waals surface area contributed by atoms with Crippen LogP contribution in [-0.4, -0.2) is 22.8 Å². The number of carbonyl (C=O) groups is 2. The SMILES string of the molecule is O=C(O)NC1(C(=O)F)CCCC1. The first-order chi connectivity index (χ1) is 5.57. The quantitative estimate of drug-likeness (QED) is 0.617. The first-order valence-electron chi connectivity index (χ1n) is 3.78. The van der Waals surface area contributed by atoms with Gasteiger partial charge >= 0.3 is 12.1 Å². The third-order valence-corrected chi connectivity index (χ3v) is 2.18. The van der Waals surface area contributed by atoms with Crippen LogP contribution in [0, 0.1) is 0 Å². The molecular weight excluding hydrogens is 165 g/mol. The number of hydrogen-bond donors (Lipinski definition) is 2. The van der Waals surface area contributed by atoms with Crippen molar-refractivity contribution in [1.82, 2.24) is 5.32 Å². The van der Waals surface area contributed by atoms with Gasteiger partial charge < -0.3 is 10.4 Å². The standard InChI is InChI=1S/C7H10FNO3/c8-5(10)7(9-6(11)12)3-1-2-4-7/h9H,1-4H2,(H,11,12). The molecule has 0 bridgehead atoms. The summed E-state index contributed by atoms with van der Waals surface area (Å²) in [5.41, 5.74) is -1.44. The lowest BCUT2D eigenvalue weighted by Crippen LogP contribution is -2.50. The van der Waals surface area contributed by atoms with Gasteiger partial charge in [0, 0.05) is 0 Å². The van der Waals surface area contributed by atoms with E-state index in [9.17, 15) is 14.0 Å². The van der Waals surface area contributed by atoms with Crippen molar-refractivity contribution in [1.29, 1.82) is 0 Å². The molecule has 1 saturated carbocycles. The van der Waals surface area contributed by atoms with Crippen molar-refractivity contribution in [3.05, 3.63) is 0 Å². The predicted octanol–water partition coefficient (Wildman–Crippen LogP) is 1.06. The van der Waals surface area contributed by atoms with Crippen LogP contribution in [0.4, 0.5) is 9.18 Å². The Kier molecular flexibility index (Phi) is 2.30. The zero-order valence-corrected chi connectivity index (χ0v) is 6.47. The summed E-state index contributed by atoms with van der Waals surface area (Å²) in [5.74, 6) is 0. The summed E-state index contributed by atoms with van der Waals surface area (Å²) in [6.07, 6.45) is 0.581. The molecule has 0 aliphatic heterocycles. The third kappa shape index (κ3) is 1.54. The summed E-state index contributed by atoms with van der Waals surface area (Å²) in [4.78, 5) is 20.7. The van der Waals surface area contributed by atoms with Crippen molar-refractivity contribution < 1.29 is 19.1 Å². The molecule has 5 heteroatoms. The molecule has 12 heavy (non-hydrogen) atoms. The van der Waals surface area contributed by atoms with Crippen molar-refractivity contribution in [3.63, 3.8) is 0 Å². The van der Waals surface area contributed by atoms with Crippen molar-refractivity contribution in [3.8, 4) is 0 Å². The van der Waals surface area contributed by atoms with Crippen LogP contribution in [0.1, 0.15) is 25.7 Å². The van der Waals surface area contributed by atoms with Gasteiger partial charge in [-0.25, -0.2) is 4.79 Å². The van der Waals surface area contributed by atoms with E-state index in [1.807, 2.05) is 5.32 Å². The van der Waals surface area contributed by atoms with E-state index in [1.54, 1.807) is 0 Å². The van der Waals surface area contributed by atoms with Crippen molar-refractivity contribution in [2.24, 2.45) is 0 Å². The summed E-state index contributed by atoms with van der Waals surface area (Å²) in [6.45, 7) is 0. The van der Waals surface area contributed by atoms with E-state index in [2.05, 4.69) is 0 Å². The molecule has 1 aliphatic carbocycles. The number of halogens is 1. The summed E-state index contributed by atoms with van der Waals surface area (Å²) in [6, 6.07) is -1.57. The summed E-state index contributed by atoms with van der Waals surface area (Å²) in [7, 11) is 0. The Bertz CT molecular complexity index is 211. The zero-order chi connectivity index (χ0) is 9.19. The summed E-state index contributed by atoms with van der Waals surface area (Å²) in [5, 5.41) is 10.3. The molecule has 1 amide bonds. The minimum absolute atomic E-state index is 0.272. The normalized spacial score (nSPS) is 20.4. The molecule has 1 rings (SSSR count). The Morgan fingerprint density at radius 2 is 1.83 bits per heavy atom. The molecule has 1 fully saturated rings. The molecule has 0 atom stereocenters. The van der Waals surface area contributed by atoms with Gasteiger partial charge in [-0.15, -0.1) is 0 Å². The van der Waals surface area contributed by atoms with Gasteiger partial charge in [-0.05, 0) is 12.8 Å². The maximum Gasteiger partial charge on any atom is 0.405 e. The van der Waals surface area contributed by atoms with E-state index in [0.29, 0.717) is 12.8 Å². The van der Waals surface area contributed by atoms with Crippen molar-refractivity contribution >= 4 is 12.1 Å². The van der Waals surface area contributed by atoms with Crippen LogP contribution in [0.5, 0.6) is 0 Å². The average Bonchev–Trinajstić information content (AvgIpc) is 2.35. The van der Waals surface area contributed by atoms with Gasteiger partial charge in [0.1, 0.15) is 5.54 Å². The number of carboxylic acid groups (broad SMARTS) is 1. The van der Waals surface area contributed by atoms with Crippen LogP contribution < -0.4 is 5.32 Å². The van der Waals surface area contributed by atoms with Gasteiger partial charge in [0.15, 0.2) is 0 Å². The van der Waals surface area contributed by atoms with Gasteiger partial charge in [0.25, 0.3) is 0 Å². The van der Waals surface area contributed by atoms with Crippen LogP contribution in [0.25, 0.3) is 0 Å². The Balaban J connectivity index is 2.72. The molecule has 4 nitrogen and oxygen atoms in total. The Hall–Kier alpha value is -1.13. The van der Waals surface area contributed by atoms with Gasteiger partial charge in [-0.3, -0.25) is 4.79 Å². The molecule has 0 saturated heterocycles. The lowest BCUT2D eigenvalue weighted by atomic mass is 9.99. The molecule has 0 aromatic carbocycles. The lowest BCUT2D eigenvalue weighted by molar-refractivity contribution is -0.136. The minimum atomic E-state index is -1.57. The van der Waals surface area contributed by atoms with Crippen LogP contribution in [0.3, 0.4) is 0 Å². The molecule has 68 valence electrons. The highest BCUT2D eigenvalue weighted by Gasteiger charge is 2.42. The van der Waals surface area contributed by atoms with Crippen LogP contribution in [-0.2, 0) is 4.79 Å². The number of nitrogens with one attached hydrogen (secondary N) is 1. The van der Waals surface area contributed by atoms with Crippen LogP contribution in [0.15, 0.2) is 0 Å². The molecule has 0 radical (unpaired) electrons. The van der Waals surface area contributed by atoms with Gasteiger partial charge in [-0.1, -0.05) is 12.8 Å². The number of hydrogen-bond acceptors (Lipinski definition) is 2. The smallest absolute Gasteiger partial charge is 0.405 e. The Morgan fingerprint density at radius 1 is 1.33 bits per heavy atom. The fourth-order valence-corrected chi connectivity index (χ4v) is 1.55. The van der Waals surface area contributed by atoms with Gasteiger partial charge in [-0.2, -0.15) is 4.39 Å². The molecule has 0 unspecified atom stereocenters. The monoisotopic (exact) mass is 175 g/mol. The molecule has 0 heterocycles. The van der Waals surface area contributed by atoms with Gasteiger partial charge in [0.2, 0.25) is 0 Å². The van der Waals surface area contributed by atoms with Crippen molar-refractivity contribution in [2.45, 2.75) is 31.2 Å². The fourth-order valence-electron chi connectivity index (χ4n) is 1.55. The first kappa shape index (κ1) is 8.96. The minimum Gasteiger partial charge on any atom is -0.465 e. The topological polar surface area (TPSA) is 66.4 Å². The number of carbonyl (C=O) groups excluding carboxylic acids is 1. The van der Waals surface area contributed by atoms with E-state index in [4.69, 9.17) is 5.11 Å². The highest BCUT2D eigenvalue weighted by atomic mass is 19.1. The zero-order valence-electron chi connectivity index (χ0n) is 6.47. The van der Waals surface area contributed by atoms with Crippen LogP contribution in [0.2, 0.25) is 0 Å². The predicted molar refractivity (Wildman–Crippen MR) is 38.5 cm³/mol. The maximum absolute atomic E-state index is 12.5. The maximum atomic E-state index is 12.5. The molecule has 0 aromatic rings. The molecular formula is C7H10FNO3. The second kappa shape index (κ2) is 3.08. The summed E-state index contributed by atoms with van der Waals surface area (Å²) >= 11 is 0. The third-order valence-electron chi connectivity index (χ3n) is 2.18. The second-order valence-corrected chi connectivity index (χ2v) is 2.99. The molecule has 2 N–H and O–H groups in total. The highest BCUT2D eigenvalue weighted by molar-refractivity contribution is 5.84. The van der Waals surface area contributed by atoms with E-state index < -0.39 is 17.7 Å². The Morgan fingerprint density at radius 3 is 2.17 bits per heavy atom. The largest absolute Gasteiger partial charge is 0.465 e. The number of amides is 1. The Labute approximate surface area is 68.8 Å². The fraction of sp³-hybridized carbons (Fsp3) is 0.714. The molecule has 1 aliphatic rings. The summed E-state index contributed by atoms with van der Waals surface area (Å²) < 4.78 is 12.5. The average molecular weight is 175 g/mol. The van der Waals surface area contributed by atoms with Gasteiger partial charge in [0.05, 0.1) is 0 Å². The highest BCUT2D eigenvalue weighted by Crippen LogP contribution is 2.30. The number of rotatable bonds is 2. The van der Waals surface area contributed by atoms with E-state index in [0.717, 1.165) is 0 Å².